The quantitative estimate of drug-likeness (QED) is 0.738. The molecule has 19 heavy (non-hydrogen) atoms. The van der Waals surface area contributed by atoms with E-state index in [9.17, 15) is 14.7 Å². The van der Waals surface area contributed by atoms with Crippen molar-refractivity contribution in [1.82, 2.24) is 10.2 Å². The highest BCUT2D eigenvalue weighted by Crippen LogP contribution is 2.08. The third-order valence-electron chi connectivity index (χ3n) is 2.95. The van der Waals surface area contributed by atoms with Crippen molar-refractivity contribution in [2.24, 2.45) is 0 Å². The normalized spacial score (nSPS) is 18.2. The largest absolute Gasteiger partial charge is 0.391 e. The van der Waals surface area contributed by atoms with Crippen LogP contribution in [0.4, 0.5) is 10.5 Å². The number of amides is 3. The van der Waals surface area contributed by atoms with Crippen molar-refractivity contribution in [2.45, 2.75) is 12.5 Å². The molecule has 3 N–H and O–H groups in total. The van der Waals surface area contributed by atoms with E-state index in [0.29, 0.717) is 25.2 Å². The van der Waals surface area contributed by atoms with E-state index in [1.165, 1.54) is 0 Å². The SMILES string of the molecule is O=C(NCC(=O)N1CC[C@H](O)C1)Nc1ccccc1. The molecular formula is C13H17N3O3. The van der Waals surface area contributed by atoms with Gasteiger partial charge in [0.1, 0.15) is 0 Å². The number of carbonyl (C=O) groups excluding carboxylic acids is 2. The Kier molecular flexibility index (Phi) is 4.35. The summed E-state index contributed by atoms with van der Waals surface area (Å²) in [6.45, 7) is 0.828. The molecule has 0 aliphatic carbocycles. The van der Waals surface area contributed by atoms with E-state index in [1.807, 2.05) is 18.2 Å². The molecule has 6 heteroatoms. The van der Waals surface area contributed by atoms with Crippen molar-refractivity contribution >= 4 is 17.6 Å². The summed E-state index contributed by atoms with van der Waals surface area (Å²) in [5.41, 5.74) is 0.670. The van der Waals surface area contributed by atoms with E-state index in [-0.39, 0.29) is 12.5 Å². The first-order valence-corrected chi connectivity index (χ1v) is 6.21. The maximum Gasteiger partial charge on any atom is 0.319 e. The maximum atomic E-state index is 11.7. The molecule has 1 aliphatic rings. The van der Waals surface area contributed by atoms with Crippen molar-refractivity contribution in [3.05, 3.63) is 30.3 Å². The second kappa shape index (κ2) is 6.19. The molecule has 1 aromatic carbocycles. The monoisotopic (exact) mass is 263 g/mol. The lowest BCUT2D eigenvalue weighted by molar-refractivity contribution is -0.129. The molecule has 102 valence electrons. The number of nitrogens with zero attached hydrogens (tertiary/aromatic N) is 1. The Balaban J connectivity index is 1.73. The molecule has 1 aliphatic heterocycles. The molecule has 1 fully saturated rings. The minimum atomic E-state index is -0.443. The van der Waals surface area contributed by atoms with Gasteiger partial charge in [0.15, 0.2) is 0 Å². The molecule has 1 heterocycles. The number of likely N-dealkylation sites (tertiary alicyclic amines) is 1. The molecule has 1 saturated heterocycles. The molecule has 0 aromatic heterocycles. The van der Waals surface area contributed by atoms with Gasteiger partial charge in [0.2, 0.25) is 5.91 Å². The second-order valence-electron chi connectivity index (χ2n) is 4.46. The number of anilines is 1. The summed E-state index contributed by atoms with van der Waals surface area (Å²) in [6, 6.07) is 8.58. The average Bonchev–Trinajstić information content (AvgIpc) is 2.84. The fourth-order valence-electron chi connectivity index (χ4n) is 1.93. The predicted molar refractivity (Wildman–Crippen MR) is 70.7 cm³/mol. The van der Waals surface area contributed by atoms with Gasteiger partial charge in [-0.25, -0.2) is 4.79 Å². The van der Waals surface area contributed by atoms with Crippen LogP contribution in [0.1, 0.15) is 6.42 Å². The Morgan fingerprint density at radius 3 is 2.68 bits per heavy atom. The third kappa shape index (κ3) is 3.96. The number of urea groups is 1. The number of para-hydroxylation sites is 1. The molecular weight excluding hydrogens is 246 g/mol. The minimum Gasteiger partial charge on any atom is -0.391 e. The van der Waals surface area contributed by atoms with Gasteiger partial charge in [0.25, 0.3) is 0 Å². The van der Waals surface area contributed by atoms with Crippen molar-refractivity contribution < 1.29 is 14.7 Å². The van der Waals surface area contributed by atoms with Crippen LogP contribution in [0.5, 0.6) is 0 Å². The minimum absolute atomic E-state index is 0.0641. The Hall–Kier alpha value is -2.08. The highest BCUT2D eigenvalue weighted by molar-refractivity contribution is 5.92. The zero-order valence-corrected chi connectivity index (χ0v) is 10.5. The summed E-state index contributed by atoms with van der Waals surface area (Å²) < 4.78 is 0. The van der Waals surface area contributed by atoms with Crippen molar-refractivity contribution in [3.63, 3.8) is 0 Å². The van der Waals surface area contributed by atoms with Gasteiger partial charge in [-0.1, -0.05) is 18.2 Å². The highest BCUT2D eigenvalue weighted by atomic mass is 16.3. The molecule has 6 nitrogen and oxygen atoms in total. The van der Waals surface area contributed by atoms with Gasteiger partial charge in [-0.15, -0.1) is 0 Å². The number of aliphatic hydroxyl groups is 1. The maximum absolute atomic E-state index is 11.7. The summed E-state index contributed by atoms with van der Waals surface area (Å²) in [4.78, 5) is 24.8. The van der Waals surface area contributed by atoms with Gasteiger partial charge in [0.05, 0.1) is 12.6 Å². The number of aliphatic hydroxyl groups excluding tert-OH is 1. The molecule has 0 saturated carbocycles. The lowest BCUT2D eigenvalue weighted by Gasteiger charge is -2.15. The van der Waals surface area contributed by atoms with Crippen LogP contribution >= 0.6 is 0 Å². The number of hydrogen-bond acceptors (Lipinski definition) is 3. The predicted octanol–water partition coefficient (Wildman–Crippen LogP) is 0.401. The summed E-state index contributed by atoms with van der Waals surface area (Å²) in [5.74, 6) is -0.181. The first-order chi connectivity index (χ1) is 9.15. The Labute approximate surface area is 111 Å². The van der Waals surface area contributed by atoms with Crippen LogP contribution in [0.25, 0.3) is 0 Å². The van der Waals surface area contributed by atoms with Crippen molar-refractivity contribution in [3.8, 4) is 0 Å². The van der Waals surface area contributed by atoms with Crippen LogP contribution in [-0.2, 0) is 4.79 Å². The smallest absolute Gasteiger partial charge is 0.319 e. The van der Waals surface area contributed by atoms with Crippen LogP contribution in [0.15, 0.2) is 30.3 Å². The lowest BCUT2D eigenvalue weighted by atomic mass is 10.3. The van der Waals surface area contributed by atoms with E-state index in [2.05, 4.69) is 10.6 Å². The van der Waals surface area contributed by atoms with Gasteiger partial charge in [-0.2, -0.15) is 0 Å². The van der Waals surface area contributed by atoms with Gasteiger partial charge >= 0.3 is 6.03 Å². The summed E-state index contributed by atoms with van der Waals surface area (Å²) >= 11 is 0. The van der Waals surface area contributed by atoms with Crippen LogP contribution < -0.4 is 10.6 Å². The third-order valence-corrected chi connectivity index (χ3v) is 2.95. The standard InChI is InChI=1S/C13H17N3O3/c17-11-6-7-16(9-11)12(18)8-14-13(19)15-10-4-2-1-3-5-10/h1-5,11,17H,6-9H2,(H2,14,15,19)/t11-/m0/s1. The number of nitrogens with one attached hydrogen (secondary N) is 2. The second-order valence-corrected chi connectivity index (χ2v) is 4.46. The van der Waals surface area contributed by atoms with Gasteiger partial charge in [-0.3, -0.25) is 4.79 Å². The van der Waals surface area contributed by atoms with Crippen LogP contribution in [0.3, 0.4) is 0 Å². The molecule has 0 radical (unpaired) electrons. The topological polar surface area (TPSA) is 81.7 Å². The number of β-amino-alcohol motifs (C(OH)–C–C–N with tert-alkyl or cyclic N) is 1. The fraction of sp³-hybridized carbons (Fsp3) is 0.385. The van der Waals surface area contributed by atoms with E-state index in [0.717, 1.165) is 0 Å². The average molecular weight is 263 g/mol. The van der Waals surface area contributed by atoms with Crippen molar-refractivity contribution in [2.75, 3.05) is 25.0 Å². The molecule has 0 spiro atoms. The molecule has 0 unspecified atom stereocenters. The Morgan fingerprint density at radius 1 is 1.32 bits per heavy atom. The van der Waals surface area contributed by atoms with E-state index < -0.39 is 12.1 Å². The first kappa shape index (κ1) is 13.4. The van der Waals surface area contributed by atoms with E-state index >= 15 is 0 Å². The Morgan fingerprint density at radius 2 is 2.05 bits per heavy atom. The molecule has 1 aromatic rings. The Bertz CT molecular complexity index is 450. The summed E-state index contributed by atoms with van der Waals surface area (Å²) in [5, 5.41) is 14.5. The zero-order valence-electron chi connectivity index (χ0n) is 10.5. The summed E-state index contributed by atoms with van der Waals surface area (Å²) in [6.07, 6.45) is 0.157. The molecule has 2 rings (SSSR count). The van der Waals surface area contributed by atoms with Crippen molar-refractivity contribution in [1.29, 1.82) is 0 Å². The number of carbonyl (C=O) groups is 2. The van der Waals surface area contributed by atoms with Crippen LogP contribution in [0, 0.1) is 0 Å². The molecule has 3 amide bonds. The van der Waals surface area contributed by atoms with Gasteiger partial charge in [0, 0.05) is 18.8 Å². The zero-order chi connectivity index (χ0) is 13.7. The number of rotatable bonds is 3. The molecule has 0 bridgehead atoms. The van der Waals surface area contributed by atoms with Crippen LogP contribution in [0.2, 0.25) is 0 Å². The van der Waals surface area contributed by atoms with E-state index in [4.69, 9.17) is 0 Å². The summed E-state index contributed by atoms with van der Waals surface area (Å²) in [7, 11) is 0. The molecule has 1 atom stereocenters. The highest BCUT2D eigenvalue weighted by Gasteiger charge is 2.24. The number of benzene rings is 1. The lowest BCUT2D eigenvalue weighted by Crippen LogP contribution is -2.40. The first-order valence-electron chi connectivity index (χ1n) is 6.21. The van der Waals surface area contributed by atoms with Gasteiger partial charge < -0.3 is 20.6 Å². The van der Waals surface area contributed by atoms with E-state index in [1.54, 1.807) is 17.0 Å². The van der Waals surface area contributed by atoms with Gasteiger partial charge in [-0.05, 0) is 18.6 Å². The number of hydrogen-bond donors (Lipinski definition) is 3. The van der Waals surface area contributed by atoms with Crippen LogP contribution in [-0.4, -0.2) is 47.7 Å². The fourth-order valence-corrected chi connectivity index (χ4v) is 1.93.